The van der Waals surface area contributed by atoms with Gasteiger partial charge in [-0.2, -0.15) is 0 Å². The van der Waals surface area contributed by atoms with Gasteiger partial charge in [0, 0.05) is 43.7 Å². The number of piperazine rings is 1. The fourth-order valence-electron chi connectivity index (χ4n) is 2.90. The number of aliphatic hydroxyl groups is 1. The van der Waals surface area contributed by atoms with Crippen molar-refractivity contribution < 1.29 is 10.0 Å². The van der Waals surface area contributed by atoms with E-state index in [1.807, 2.05) is 18.2 Å². The Morgan fingerprint density at radius 2 is 1.92 bits per heavy atom. The van der Waals surface area contributed by atoms with E-state index in [2.05, 4.69) is 21.9 Å². The third kappa shape index (κ3) is 3.75. The summed E-state index contributed by atoms with van der Waals surface area (Å²) in [5.41, 5.74) is 1.39. The standard InChI is InChI=1S/C17H21N3O3S/c1-13(21)16-11-15(20(22)23)17(24-16)19-9-7-18(8-10-19)12-14-5-3-2-4-6-14/h2-6,11,13,21H,7-10,12H2,1H3/t13-/m1/s1. The lowest BCUT2D eigenvalue weighted by Crippen LogP contribution is -2.45. The maximum absolute atomic E-state index is 11.3. The van der Waals surface area contributed by atoms with Crippen LogP contribution in [0.1, 0.15) is 23.5 Å². The Morgan fingerprint density at radius 3 is 2.50 bits per heavy atom. The predicted molar refractivity (Wildman–Crippen MR) is 95.5 cm³/mol. The van der Waals surface area contributed by atoms with E-state index in [1.165, 1.54) is 23.0 Å². The molecule has 2 aromatic rings. The molecule has 0 amide bonds. The normalized spacial score (nSPS) is 17.0. The van der Waals surface area contributed by atoms with Crippen molar-refractivity contribution >= 4 is 22.0 Å². The molecule has 2 heterocycles. The van der Waals surface area contributed by atoms with E-state index in [4.69, 9.17) is 0 Å². The first-order chi connectivity index (χ1) is 11.5. The highest BCUT2D eigenvalue weighted by atomic mass is 32.1. The summed E-state index contributed by atoms with van der Waals surface area (Å²) in [6, 6.07) is 11.8. The molecular formula is C17H21N3O3S. The molecule has 0 saturated carbocycles. The number of nitro groups is 1. The zero-order valence-corrected chi connectivity index (χ0v) is 14.4. The van der Waals surface area contributed by atoms with Gasteiger partial charge in [-0.05, 0) is 12.5 Å². The van der Waals surface area contributed by atoms with E-state index in [0.29, 0.717) is 9.88 Å². The van der Waals surface area contributed by atoms with Crippen LogP contribution in [0, 0.1) is 10.1 Å². The molecule has 7 heteroatoms. The van der Waals surface area contributed by atoms with E-state index in [-0.39, 0.29) is 10.6 Å². The van der Waals surface area contributed by atoms with Crippen molar-refractivity contribution in [3.63, 3.8) is 0 Å². The van der Waals surface area contributed by atoms with Crippen molar-refractivity contribution in [2.45, 2.75) is 19.6 Å². The van der Waals surface area contributed by atoms with Gasteiger partial charge in [-0.25, -0.2) is 0 Å². The van der Waals surface area contributed by atoms with Crippen molar-refractivity contribution in [3.8, 4) is 0 Å². The van der Waals surface area contributed by atoms with Crippen LogP contribution in [0.25, 0.3) is 0 Å². The van der Waals surface area contributed by atoms with Crippen LogP contribution in [-0.2, 0) is 6.54 Å². The summed E-state index contributed by atoms with van der Waals surface area (Å²) >= 11 is 1.32. The molecule has 0 unspecified atom stereocenters. The second-order valence-electron chi connectivity index (χ2n) is 6.02. The maximum Gasteiger partial charge on any atom is 0.304 e. The highest BCUT2D eigenvalue weighted by Gasteiger charge is 2.27. The lowest BCUT2D eigenvalue weighted by Gasteiger charge is -2.35. The number of hydrogen-bond donors (Lipinski definition) is 1. The highest BCUT2D eigenvalue weighted by molar-refractivity contribution is 7.16. The minimum atomic E-state index is -0.679. The molecule has 6 nitrogen and oxygen atoms in total. The third-order valence-corrected chi connectivity index (χ3v) is 5.58. The van der Waals surface area contributed by atoms with Crippen LogP contribution in [0.3, 0.4) is 0 Å². The van der Waals surface area contributed by atoms with Crippen LogP contribution in [0.2, 0.25) is 0 Å². The third-order valence-electron chi connectivity index (χ3n) is 4.23. The molecule has 1 fully saturated rings. The first-order valence-corrected chi connectivity index (χ1v) is 8.83. The van der Waals surface area contributed by atoms with E-state index >= 15 is 0 Å². The van der Waals surface area contributed by atoms with Gasteiger partial charge in [0.2, 0.25) is 0 Å². The van der Waals surface area contributed by atoms with Gasteiger partial charge in [0.05, 0.1) is 11.0 Å². The first kappa shape index (κ1) is 16.9. The van der Waals surface area contributed by atoms with Crippen LogP contribution in [-0.4, -0.2) is 41.1 Å². The molecule has 0 bridgehead atoms. The second-order valence-corrected chi connectivity index (χ2v) is 7.08. The monoisotopic (exact) mass is 347 g/mol. The smallest absolute Gasteiger partial charge is 0.304 e. The number of thiophene rings is 1. The van der Waals surface area contributed by atoms with Crippen molar-refractivity contribution in [1.29, 1.82) is 0 Å². The summed E-state index contributed by atoms with van der Waals surface area (Å²) < 4.78 is 0. The summed E-state index contributed by atoms with van der Waals surface area (Å²) in [6.45, 7) is 5.79. The Labute approximate surface area is 145 Å². The zero-order chi connectivity index (χ0) is 17.1. The molecule has 1 saturated heterocycles. The van der Waals surface area contributed by atoms with Crippen molar-refractivity contribution in [1.82, 2.24) is 4.90 Å². The van der Waals surface area contributed by atoms with Gasteiger partial charge >= 0.3 is 5.69 Å². The highest BCUT2D eigenvalue weighted by Crippen LogP contribution is 2.40. The molecule has 0 spiro atoms. The molecule has 1 atom stereocenters. The van der Waals surface area contributed by atoms with E-state index in [9.17, 15) is 15.2 Å². The Morgan fingerprint density at radius 1 is 1.25 bits per heavy atom. The Hall–Kier alpha value is -1.96. The van der Waals surface area contributed by atoms with Crippen molar-refractivity contribution in [2.24, 2.45) is 0 Å². The van der Waals surface area contributed by atoms with Gasteiger partial charge in [-0.3, -0.25) is 15.0 Å². The lowest BCUT2D eigenvalue weighted by atomic mass is 10.2. The Balaban J connectivity index is 1.67. The van der Waals surface area contributed by atoms with Gasteiger partial charge in [-0.1, -0.05) is 30.3 Å². The minimum absolute atomic E-state index is 0.104. The minimum Gasteiger partial charge on any atom is -0.388 e. The van der Waals surface area contributed by atoms with Crippen LogP contribution < -0.4 is 4.90 Å². The number of aliphatic hydroxyl groups excluding tert-OH is 1. The first-order valence-electron chi connectivity index (χ1n) is 8.02. The van der Waals surface area contributed by atoms with Crippen molar-refractivity contribution in [3.05, 3.63) is 57.0 Å². The number of anilines is 1. The van der Waals surface area contributed by atoms with Gasteiger partial charge in [0.1, 0.15) is 0 Å². The predicted octanol–water partition coefficient (Wildman–Crippen LogP) is 3.03. The maximum atomic E-state index is 11.3. The van der Waals surface area contributed by atoms with Gasteiger partial charge in [-0.15, -0.1) is 11.3 Å². The fraction of sp³-hybridized carbons (Fsp3) is 0.412. The van der Waals surface area contributed by atoms with Gasteiger partial charge < -0.3 is 10.0 Å². The average molecular weight is 347 g/mol. The molecule has 0 aliphatic carbocycles. The lowest BCUT2D eigenvalue weighted by molar-refractivity contribution is -0.383. The molecular weight excluding hydrogens is 326 g/mol. The van der Waals surface area contributed by atoms with Crippen molar-refractivity contribution in [2.75, 3.05) is 31.1 Å². The van der Waals surface area contributed by atoms with Crippen LogP contribution in [0.5, 0.6) is 0 Å². The molecule has 1 N–H and O–H groups in total. The van der Waals surface area contributed by atoms with Crippen LogP contribution in [0.15, 0.2) is 36.4 Å². The number of rotatable bonds is 5. The number of benzene rings is 1. The van der Waals surface area contributed by atoms with Gasteiger partial charge in [0.15, 0.2) is 5.00 Å². The largest absolute Gasteiger partial charge is 0.388 e. The summed E-state index contributed by atoms with van der Waals surface area (Å²) in [6.07, 6.45) is -0.679. The quantitative estimate of drug-likeness (QED) is 0.665. The summed E-state index contributed by atoms with van der Waals surface area (Å²) in [5, 5.41) is 21.7. The average Bonchev–Trinajstić information content (AvgIpc) is 3.02. The second kappa shape index (κ2) is 7.29. The summed E-state index contributed by atoms with van der Waals surface area (Å²) in [4.78, 5) is 16.0. The molecule has 1 aliphatic heterocycles. The fourth-order valence-corrected chi connectivity index (χ4v) is 4.02. The molecule has 3 rings (SSSR count). The molecule has 0 radical (unpaired) electrons. The van der Waals surface area contributed by atoms with E-state index in [0.717, 1.165) is 32.7 Å². The Bertz CT molecular complexity index is 694. The number of hydrogen-bond acceptors (Lipinski definition) is 6. The topological polar surface area (TPSA) is 69.8 Å². The van der Waals surface area contributed by atoms with E-state index in [1.54, 1.807) is 6.92 Å². The number of nitrogens with zero attached hydrogens (tertiary/aromatic N) is 3. The summed E-state index contributed by atoms with van der Waals surface area (Å²) in [7, 11) is 0. The molecule has 1 aromatic carbocycles. The molecule has 1 aromatic heterocycles. The Kier molecular flexibility index (Phi) is 5.13. The van der Waals surface area contributed by atoms with E-state index < -0.39 is 6.10 Å². The molecule has 24 heavy (non-hydrogen) atoms. The zero-order valence-electron chi connectivity index (χ0n) is 13.6. The van der Waals surface area contributed by atoms with Crippen LogP contribution in [0.4, 0.5) is 10.7 Å². The van der Waals surface area contributed by atoms with Gasteiger partial charge in [0.25, 0.3) is 0 Å². The summed E-state index contributed by atoms with van der Waals surface area (Å²) in [5.74, 6) is 0. The molecule has 1 aliphatic rings. The molecule has 128 valence electrons. The van der Waals surface area contributed by atoms with Crippen LogP contribution >= 0.6 is 11.3 Å². The SMILES string of the molecule is C[C@@H](O)c1cc([N+](=O)[O-])c(N2CCN(Cc3ccccc3)CC2)s1.